The summed E-state index contributed by atoms with van der Waals surface area (Å²) in [5, 5.41) is 0. The van der Waals surface area contributed by atoms with Crippen LogP contribution in [0.5, 0.6) is 0 Å². The minimum absolute atomic E-state index is 0.679. The molecule has 2 aromatic rings. The molecule has 4 atom stereocenters. The zero-order chi connectivity index (χ0) is 12.0. The molecule has 1 aromatic carbocycles. The fourth-order valence-electron chi connectivity index (χ4n) is 17.8. The second kappa shape index (κ2) is 0.634. The van der Waals surface area contributed by atoms with E-state index in [1.807, 2.05) is 0 Å². The molecule has 1 aromatic heterocycles. The Balaban J connectivity index is 1.46. The molecule has 10 aliphatic heterocycles. The van der Waals surface area contributed by atoms with E-state index in [-0.39, 0.29) is 0 Å². The van der Waals surface area contributed by atoms with Crippen LogP contribution in [0.1, 0.15) is 5.89 Å². The molecule has 20 heavy (non-hydrogen) atoms. The first kappa shape index (κ1) is 6.98. The molecule has 3 heteroatoms. The van der Waals surface area contributed by atoms with Gasteiger partial charge >= 0.3 is 105 Å². The van der Waals surface area contributed by atoms with Crippen LogP contribution in [0.4, 0.5) is 0 Å². The van der Waals surface area contributed by atoms with Gasteiger partial charge in [0.1, 0.15) is 0 Å². The number of nitrogens with zero attached hydrogens (tertiary/aromatic N) is 1. The van der Waals surface area contributed by atoms with Gasteiger partial charge in [0.05, 0.1) is 0 Å². The number of oxazole rings is 1. The van der Waals surface area contributed by atoms with Crippen molar-refractivity contribution in [1.29, 1.82) is 0 Å². The van der Waals surface area contributed by atoms with Crippen LogP contribution in [0.2, 0.25) is 43.3 Å². The normalized spacial score (nSPS) is 103. The van der Waals surface area contributed by atoms with Gasteiger partial charge in [0.25, 0.3) is 0 Å². The molecule has 0 bridgehead atoms. The number of fused-ring (bicyclic) bond motifs is 11. The van der Waals surface area contributed by atoms with Crippen molar-refractivity contribution in [3.05, 3.63) is 30.2 Å². The molecule has 10 aliphatic rings. The minimum atomic E-state index is -3.06. The van der Waals surface area contributed by atoms with Crippen molar-refractivity contribution in [1.82, 2.24) is 4.98 Å². The first-order valence-electron chi connectivity index (χ1n) is 8.19. The summed E-state index contributed by atoms with van der Waals surface area (Å²) in [5.41, 5.74) is 2.18. The quantitative estimate of drug-likeness (QED) is 0.718. The molecule has 100 valence electrons. The van der Waals surface area contributed by atoms with E-state index in [0.29, 0.717) is 4.31 Å². The van der Waals surface area contributed by atoms with Gasteiger partial charge in [-0.3, -0.25) is 0 Å². The van der Waals surface area contributed by atoms with E-state index in [1.54, 1.807) is 0 Å². The van der Waals surface area contributed by atoms with Crippen molar-refractivity contribution in [2.75, 3.05) is 0 Å². The predicted molar refractivity (Wildman–Crippen MR) is 69.4 cm³/mol. The maximum absolute atomic E-state index is 6.42. The Morgan fingerprint density at radius 2 is 1.55 bits per heavy atom. The average Bonchev–Trinajstić information content (AvgIpc) is 3.40. The fourth-order valence-corrected chi connectivity index (χ4v) is 91.5. The van der Waals surface area contributed by atoms with Gasteiger partial charge in [-0.25, -0.2) is 0 Å². The third kappa shape index (κ3) is 0.0804. The number of hydrogen-bond donors (Lipinski definition) is 0. The van der Waals surface area contributed by atoms with E-state index >= 15 is 0 Å². The van der Waals surface area contributed by atoms with Crippen LogP contribution in [-0.4, -0.2) is 4.98 Å². The van der Waals surface area contributed by atoms with Gasteiger partial charge in [-0.05, 0) is 0 Å². The van der Waals surface area contributed by atoms with E-state index in [1.165, 1.54) is 49.2 Å². The molecular weight excluding hydrogens is 290 g/mol. The van der Waals surface area contributed by atoms with Crippen LogP contribution < -0.4 is 0 Å². The van der Waals surface area contributed by atoms with Gasteiger partial charge in [-0.2, -0.15) is 0 Å². The Hall–Kier alpha value is -0.791. The van der Waals surface area contributed by atoms with Crippen LogP contribution >= 0.6 is 0 Å². The number of aromatic nitrogens is 1. The first-order chi connectivity index (χ1) is 9.62. The molecule has 10 fully saturated rings. The van der Waals surface area contributed by atoms with E-state index in [4.69, 9.17) is 9.40 Å². The number of hydrogen-bond acceptors (Lipinski definition) is 2. The van der Waals surface area contributed by atoms with Gasteiger partial charge in [0.15, 0.2) is 0 Å². The van der Waals surface area contributed by atoms with Crippen LogP contribution in [0, 0.1) is 0 Å². The third-order valence-corrected chi connectivity index (χ3v) is 58.6. The SMILES string of the molecule is c1ccc2oc([C]34[CH]5[CH]6[CH]7[CH]3[Fe]6754389%10[CH]4[CH]3[CH]8[CH]9[CH]4%10)nc2c1. The molecule has 12 rings (SSSR count). The Kier molecular flexibility index (Phi) is 0.221. The van der Waals surface area contributed by atoms with Crippen molar-refractivity contribution in [3.63, 3.8) is 0 Å². The number of para-hydroxylation sites is 2. The number of rotatable bonds is 1. The summed E-state index contributed by atoms with van der Waals surface area (Å²) in [6.45, 7) is -3.06. The van der Waals surface area contributed by atoms with E-state index in [2.05, 4.69) is 24.3 Å². The maximum atomic E-state index is 6.42. The molecular formula is C17H13FeNO. The molecule has 0 N–H and O–H groups in total. The van der Waals surface area contributed by atoms with Gasteiger partial charge < -0.3 is 0 Å². The van der Waals surface area contributed by atoms with Crippen LogP contribution in [0.3, 0.4) is 0 Å². The van der Waals surface area contributed by atoms with Crippen molar-refractivity contribution in [2.24, 2.45) is 0 Å². The zero-order valence-electron chi connectivity index (χ0n) is 10.7. The standard InChI is InChI=1S/C12H8NO.C5H5.Fe/c1-2-6-9(5-1)12-13-10-7-3-4-8-11(10)14-12;1-2-4-5-3-1;/h1-8H;1-5H;. The Morgan fingerprint density at radius 1 is 0.900 bits per heavy atom. The fraction of sp³-hybridized carbons (Fsp3) is 0.588. The summed E-state index contributed by atoms with van der Waals surface area (Å²) in [6, 6.07) is 8.46. The summed E-state index contributed by atoms with van der Waals surface area (Å²) in [7, 11) is 0. The molecule has 0 radical (unpaired) electrons. The Morgan fingerprint density at radius 3 is 2.05 bits per heavy atom. The summed E-state index contributed by atoms with van der Waals surface area (Å²) < 4.78 is 7.10. The van der Waals surface area contributed by atoms with Crippen LogP contribution in [0.25, 0.3) is 11.1 Å². The second-order valence-electron chi connectivity index (χ2n) is 11.7. The molecule has 0 saturated carbocycles. The second-order valence-corrected chi connectivity index (χ2v) is 35.2. The Bertz CT molecular complexity index is 1280. The third-order valence-electron chi connectivity index (χ3n) is 16.3. The summed E-state index contributed by atoms with van der Waals surface area (Å²) in [5.74, 6) is 1.28. The molecule has 10 saturated heterocycles. The Labute approximate surface area is 105 Å². The first-order valence-corrected chi connectivity index (χ1v) is 14.5. The average molecular weight is 303 g/mol. The molecule has 0 amide bonds. The van der Waals surface area contributed by atoms with E-state index < -0.39 is 6.51 Å². The summed E-state index contributed by atoms with van der Waals surface area (Å²) in [6.07, 6.45) is 0. The summed E-state index contributed by atoms with van der Waals surface area (Å²) in [4.78, 5) is 17.1. The van der Waals surface area contributed by atoms with Gasteiger partial charge in [-0.15, -0.1) is 0 Å². The molecule has 1 spiro atoms. The summed E-state index contributed by atoms with van der Waals surface area (Å²) >= 11 is 0. The molecule has 4 unspecified atom stereocenters. The monoisotopic (exact) mass is 303 g/mol. The van der Waals surface area contributed by atoms with Crippen molar-refractivity contribution < 1.29 is 10.9 Å². The van der Waals surface area contributed by atoms with Gasteiger partial charge in [0.2, 0.25) is 0 Å². The topological polar surface area (TPSA) is 26.0 Å². The van der Waals surface area contributed by atoms with Crippen LogP contribution in [0.15, 0.2) is 28.7 Å². The van der Waals surface area contributed by atoms with Crippen molar-refractivity contribution in [3.8, 4) is 0 Å². The van der Waals surface area contributed by atoms with Crippen molar-refractivity contribution >= 4 is 11.1 Å². The van der Waals surface area contributed by atoms with E-state index in [0.717, 1.165) is 11.1 Å². The van der Waals surface area contributed by atoms with Crippen LogP contribution in [-0.2, 0) is 10.8 Å². The van der Waals surface area contributed by atoms with Crippen molar-refractivity contribution in [2.45, 2.75) is 47.7 Å². The predicted octanol–water partition coefficient (Wildman–Crippen LogP) is 4.62. The van der Waals surface area contributed by atoms with E-state index in [9.17, 15) is 0 Å². The molecule has 2 nitrogen and oxygen atoms in total. The molecule has 11 heterocycles. The van der Waals surface area contributed by atoms with Gasteiger partial charge in [0, 0.05) is 0 Å². The zero-order valence-corrected chi connectivity index (χ0v) is 11.8. The number of benzene rings is 1. The van der Waals surface area contributed by atoms with Gasteiger partial charge in [-0.1, -0.05) is 0 Å². The molecule has 0 aliphatic carbocycles.